The summed E-state index contributed by atoms with van der Waals surface area (Å²) in [6.07, 6.45) is 2.12. The second-order valence-electron chi connectivity index (χ2n) is 3.94. The maximum Gasteiger partial charge on any atom is 0.0948 e. The van der Waals surface area contributed by atoms with Gasteiger partial charge in [0.1, 0.15) is 0 Å². The van der Waals surface area contributed by atoms with E-state index in [0.29, 0.717) is 11.6 Å². The average molecular weight is 251 g/mol. The molecule has 90 valence electrons. The van der Waals surface area contributed by atoms with Crippen LogP contribution in [0.1, 0.15) is 13.3 Å². The predicted octanol–water partition coefficient (Wildman–Crippen LogP) is 3.07. The molecule has 0 saturated heterocycles. The van der Waals surface area contributed by atoms with Crippen LogP contribution < -0.4 is 5.32 Å². The minimum absolute atomic E-state index is 0.343. The van der Waals surface area contributed by atoms with E-state index in [4.69, 9.17) is 11.6 Å². The highest BCUT2D eigenvalue weighted by atomic mass is 35.5. The second-order valence-corrected chi connectivity index (χ2v) is 4.34. The van der Waals surface area contributed by atoms with Gasteiger partial charge in [0.2, 0.25) is 0 Å². The number of hydrogen-bond acceptors (Lipinski definition) is 3. The van der Waals surface area contributed by atoms with Crippen molar-refractivity contribution in [2.24, 2.45) is 0 Å². The minimum Gasteiger partial charge on any atom is -0.391 e. The number of benzene rings is 1. The van der Waals surface area contributed by atoms with Crippen LogP contribution in [0.3, 0.4) is 0 Å². The lowest BCUT2D eigenvalue weighted by Gasteiger charge is -2.12. The Balaban J connectivity index is 2.32. The Morgan fingerprint density at radius 3 is 3.00 bits per heavy atom. The molecule has 17 heavy (non-hydrogen) atoms. The molecular formula is C13H15ClN2O. The lowest BCUT2D eigenvalue weighted by Crippen LogP contribution is -2.18. The van der Waals surface area contributed by atoms with E-state index >= 15 is 0 Å². The third-order valence-corrected chi connectivity index (χ3v) is 3.05. The first-order valence-corrected chi connectivity index (χ1v) is 6.05. The molecule has 1 aromatic heterocycles. The summed E-state index contributed by atoms with van der Waals surface area (Å²) >= 11 is 6.10. The van der Waals surface area contributed by atoms with E-state index in [9.17, 15) is 5.11 Å². The maximum absolute atomic E-state index is 9.54. The van der Waals surface area contributed by atoms with Crippen LogP contribution in [0.4, 0.5) is 5.69 Å². The van der Waals surface area contributed by atoms with E-state index in [-0.39, 0.29) is 6.10 Å². The molecule has 0 aliphatic heterocycles. The zero-order valence-corrected chi connectivity index (χ0v) is 10.4. The number of aromatic nitrogens is 1. The van der Waals surface area contributed by atoms with Gasteiger partial charge in [-0.05, 0) is 30.7 Å². The molecule has 4 heteroatoms. The van der Waals surface area contributed by atoms with Crippen LogP contribution in [0.2, 0.25) is 5.02 Å². The van der Waals surface area contributed by atoms with Crippen molar-refractivity contribution in [3.8, 4) is 0 Å². The molecule has 1 heterocycles. The molecule has 0 fully saturated rings. The fraction of sp³-hybridized carbons (Fsp3) is 0.308. The van der Waals surface area contributed by atoms with Gasteiger partial charge >= 0.3 is 0 Å². The molecule has 1 atom stereocenters. The largest absolute Gasteiger partial charge is 0.391 e. The molecule has 2 aromatic rings. The van der Waals surface area contributed by atoms with Crippen LogP contribution in [0.25, 0.3) is 10.9 Å². The van der Waals surface area contributed by atoms with Crippen molar-refractivity contribution in [2.75, 3.05) is 11.9 Å². The SMILES string of the molecule is CCC(O)CNc1ccc(Cl)c2cccnc12. The van der Waals surface area contributed by atoms with Crippen molar-refractivity contribution in [3.63, 3.8) is 0 Å². The van der Waals surface area contributed by atoms with Gasteiger partial charge in [-0.1, -0.05) is 18.5 Å². The Morgan fingerprint density at radius 2 is 2.24 bits per heavy atom. The first kappa shape index (κ1) is 12.1. The van der Waals surface area contributed by atoms with Crippen LogP contribution in [0, 0.1) is 0 Å². The number of anilines is 1. The third-order valence-electron chi connectivity index (χ3n) is 2.72. The van der Waals surface area contributed by atoms with Gasteiger partial charge in [0, 0.05) is 18.1 Å². The van der Waals surface area contributed by atoms with Gasteiger partial charge < -0.3 is 10.4 Å². The fourth-order valence-electron chi connectivity index (χ4n) is 1.65. The van der Waals surface area contributed by atoms with E-state index in [2.05, 4.69) is 10.3 Å². The van der Waals surface area contributed by atoms with Gasteiger partial charge in [-0.25, -0.2) is 0 Å². The lowest BCUT2D eigenvalue weighted by molar-refractivity contribution is 0.183. The van der Waals surface area contributed by atoms with E-state index in [1.807, 2.05) is 31.2 Å². The first-order valence-electron chi connectivity index (χ1n) is 5.67. The summed E-state index contributed by atoms with van der Waals surface area (Å²) in [5.74, 6) is 0. The molecular weight excluding hydrogens is 236 g/mol. The quantitative estimate of drug-likeness (QED) is 0.877. The number of halogens is 1. The highest BCUT2D eigenvalue weighted by Gasteiger charge is 2.06. The van der Waals surface area contributed by atoms with Crippen molar-refractivity contribution < 1.29 is 5.11 Å². The van der Waals surface area contributed by atoms with E-state index < -0.39 is 0 Å². The van der Waals surface area contributed by atoms with Gasteiger partial charge in [-0.15, -0.1) is 0 Å². The molecule has 2 N–H and O–H groups in total. The molecule has 1 unspecified atom stereocenters. The Bertz CT molecular complexity index is 516. The summed E-state index contributed by atoms with van der Waals surface area (Å²) in [5, 5.41) is 14.3. The van der Waals surface area contributed by atoms with Crippen molar-refractivity contribution in [3.05, 3.63) is 35.5 Å². The number of pyridine rings is 1. The Labute approximate surface area is 105 Å². The Morgan fingerprint density at radius 1 is 1.41 bits per heavy atom. The summed E-state index contributed by atoms with van der Waals surface area (Å²) in [7, 11) is 0. The van der Waals surface area contributed by atoms with E-state index in [1.54, 1.807) is 6.20 Å². The van der Waals surface area contributed by atoms with Crippen LogP contribution in [0.5, 0.6) is 0 Å². The van der Waals surface area contributed by atoms with Crippen molar-refractivity contribution in [1.29, 1.82) is 0 Å². The van der Waals surface area contributed by atoms with Gasteiger partial charge in [-0.3, -0.25) is 4.98 Å². The second kappa shape index (κ2) is 5.34. The molecule has 0 aliphatic carbocycles. The highest BCUT2D eigenvalue weighted by Crippen LogP contribution is 2.27. The number of aliphatic hydroxyl groups excluding tert-OH is 1. The predicted molar refractivity (Wildman–Crippen MR) is 71.5 cm³/mol. The maximum atomic E-state index is 9.54. The monoisotopic (exact) mass is 250 g/mol. The topological polar surface area (TPSA) is 45.1 Å². The number of fused-ring (bicyclic) bond motifs is 1. The summed E-state index contributed by atoms with van der Waals surface area (Å²) in [4.78, 5) is 4.32. The highest BCUT2D eigenvalue weighted by molar-refractivity contribution is 6.35. The number of rotatable bonds is 4. The summed E-state index contributed by atoms with van der Waals surface area (Å²) in [6, 6.07) is 7.53. The summed E-state index contributed by atoms with van der Waals surface area (Å²) in [6.45, 7) is 2.47. The fourth-order valence-corrected chi connectivity index (χ4v) is 1.87. The summed E-state index contributed by atoms with van der Waals surface area (Å²) in [5.41, 5.74) is 1.74. The smallest absolute Gasteiger partial charge is 0.0948 e. The third kappa shape index (κ3) is 2.68. The van der Waals surface area contributed by atoms with Crippen molar-refractivity contribution in [2.45, 2.75) is 19.4 Å². The molecule has 3 nitrogen and oxygen atoms in total. The van der Waals surface area contributed by atoms with Gasteiger partial charge in [0.15, 0.2) is 0 Å². The number of aliphatic hydroxyl groups is 1. The molecule has 0 aliphatic rings. The first-order chi connectivity index (χ1) is 8.22. The molecule has 0 saturated carbocycles. The summed E-state index contributed by atoms with van der Waals surface area (Å²) < 4.78 is 0. The molecule has 1 aromatic carbocycles. The van der Waals surface area contributed by atoms with Crippen LogP contribution in [-0.2, 0) is 0 Å². The Hall–Kier alpha value is -1.32. The van der Waals surface area contributed by atoms with Crippen LogP contribution in [-0.4, -0.2) is 22.7 Å². The van der Waals surface area contributed by atoms with Gasteiger partial charge in [0.25, 0.3) is 0 Å². The number of hydrogen-bond donors (Lipinski definition) is 2. The lowest BCUT2D eigenvalue weighted by atomic mass is 10.2. The molecule has 0 spiro atoms. The Kier molecular flexibility index (Phi) is 3.82. The minimum atomic E-state index is -0.343. The van der Waals surface area contributed by atoms with Gasteiger partial charge in [0.05, 0.1) is 22.3 Å². The molecule has 0 radical (unpaired) electrons. The van der Waals surface area contributed by atoms with Gasteiger partial charge in [-0.2, -0.15) is 0 Å². The van der Waals surface area contributed by atoms with Crippen LogP contribution >= 0.6 is 11.6 Å². The van der Waals surface area contributed by atoms with Crippen molar-refractivity contribution in [1.82, 2.24) is 4.98 Å². The van der Waals surface area contributed by atoms with Crippen molar-refractivity contribution >= 4 is 28.2 Å². The average Bonchev–Trinajstić information content (AvgIpc) is 2.38. The normalized spacial score (nSPS) is 12.6. The zero-order valence-electron chi connectivity index (χ0n) is 9.65. The van der Waals surface area contributed by atoms with E-state index in [0.717, 1.165) is 23.0 Å². The zero-order chi connectivity index (χ0) is 12.3. The molecule has 0 bridgehead atoms. The van der Waals surface area contributed by atoms with Crippen LogP contribution in [0.15, 0.2) is 30.5 Å². The van der Waals surface area contributed by atoms with E-state index in [1.165, 1.54) is 0 Å². The molecule has 0 amide bonds. The number of nitrogens with zero attached hydrogens (tertiary/aromatic N) is 1. The standard InChI is InChI=1S/C13H15ClN2O/c1-2-9(17)8-16-12-6-5-11(14)10-4-3-7-15-13(10)12/h3-7,9,16-17H,2,8H2,1H3. The molecule has 2 rings (SSSR count). The number of nitrogens with one attached hydrogen (secondary N) is 1.